The van der Waals surface area contributed by atoms with E-state index >= 15 is 0 Å². The van der Waals surface area contributed by atoms with Crippen LogP contribution in [0.5, 0.6) is 0 Å². The van der Waals surface area contributed by atoms with Crippen LogP contribution in [0.3, 0.4) is 0 Å². The summed E-state index contributed by atoms with van der Waals surface area (Å²) in [6.45, 7) is 1.85. The molecule has 2 aliphatic carbocycles. The second-order valence-electron chi connectivity index (χ2n) is 9.93. The Morgan fingerprint density at radius 1 is 1.06 bits per heavy atom. The van der Waals surface area contributed by atoms with E-state index in [9.17, 15) is 14.7 Å². The van der Waals surface area contributed by atoms with Gasteiger partial charge in [-0.1, -0.05) is 30.3 Å². The highest BCUT2D eigenvalue weighted by atomic mass is 16.6. The van der Waals surface area contributed by atoms with Crippen molar-refractivity contribution in [1.29, 1.82) is 0 Å². The number of nitrogens with one attached hydrogen (secondary N) is 4. The van der Waals surface area contributed by atoms with Crippen molar-refractivity contribution in [2.24, 2.45) is 5.92 Å². The largest absolute Gasteiger partial charge is 0.446 e. The van der Waals surface area contributed by atoms with Gasteiger partial charge >= 0.3 is 6.09 Å². The van der Waals surface area contributed by atoms with Gasteiger partial charge in [0.1, 0.15) is 6.10 Å². The summed E-state index contributed by atoms with van der Waals surface area (Å²) < 4.78 is 5.68. The lowest BCUT2D eigenvalue weighted by atomic mass is 9.84. The second kappa shape index (κ2) is 10.2. The van der Waals surface area contributed by atoms with Crippen molar-refractivity contribution in [3.8, 4) is 0 Å². The summed E-state index contributed by atoms with van der Waals surface area (Å²) in [5.41, 5.74) is 6.91. The maximum atomic E-state index is 12.3. The minimum Gasteiger partial charge on any atom is -0.446 e. The van der Waals surface area contributed by atoms with Gasteiger partial charge in [-0.15, -0.1) is 0 Å². The van der Waals surface area contributed by atoms with Gasteiger partial charge in [0.05, 0.1) is 18.2 Å². The van der Waals surface area contributed by atoms with Gasteiger partial charge in [0.2, 0.25) is 5.91 Å². The molecule has 1 aromatic carbocycles. The summed E-state index contributed by atoms with van der Waals surface area (Å²) in [6, 6.07) is 10.1. The molecule has 2 unspecified atom stereocenters. The third kappa shape index (κ3) is 6.43. The molecule has 8 heteroatoms. The monoisotopic (exact) mass is 444 g/mol. The summed E-state index contributed by atoms with van der Waals surface area (Å²) in [6.07, 6.45) is 6.33. The summed E-state index contributed by atoms with van der Waals surface area (Å²) in [5.74, 6) is 0.408. The van der Waals surface area contributed by atoms with Crippen LogP contribution in [0.25, 0.3) is 0 Å². The molecule has 0 radical (unpaired) electrons. The predicted molar refractivity (Wildman–Crippen MR) is 120 cm³/mol. The molecule has 2 amide bonds. The lowest BCUT2D eigenvalue weighted by Gasteiger charge is -2.33. The Morgan fingerprint density at radius 2 is 1.81 bits per heavy atom. The number of alkyl carbamates (subject to hydrolysis) is 1. The van der Waals surface area contributed by atoms with Crippen LogP contribution < -0.4 is 21.5 Å². The van der Waals surface area contributed by atoms with E-state index in [2.05, 4.69) is 21.5 Å². The topological polar surface area (TPSA) is 112 Å². The van der Waals surface area contributed by atoms with E-state index in [4.69, 9.17) is 4.74 Å². The van der Waals surface area contributed by atoms with Crippen molar-refractivity contribution in [2.45, 2.75) is 94.7 Å². The molecule has 1 aliphatic heterocycles. The number of benzene rings is 1. The van der Waals surface area contributed by atoms with Crippen LogP contribution in [0.1, 0.15) is 63.9 Å². The number of carbonyl (C=O) groups is 2. The lowest BCUT2D eigenvalue weighted by Crippen LogP contribution is -2.45. The van der Waals surface area contributed by atoms with Gasteiger partial charge in [0.15, 0.2) is 0 Å². The van der Waals surface area contributed by atoms with Gasteiger partial charge < -0.3 is 20.5 Å². The smallest absolute Gasteiger partial charge is 0.407 e. The Balaban J connectivity index is 1.15. The average molecular weight is 445 g/mol. The molecule has 0 spiro atoms. The summed E-state index contributed by atoms with van der Waals surface area (Å²) in [5, 5.41) is 16.1. The molecule has 3 aliphatic rings. The Labute approximate surface area is 189 Å². The van der Waals surface area contributed by atoms with Crippen LogP contribution in [-0.2, 0) is 16.0 Å². The highest BCUT2D eigenvalue weighted by molar-refractivity contribution is 5.78. The molecular weight excluding hydrogens is 408 g/mol. The zero-order chi connectivity index (χ0) is 22.6. The molecule has 4 atom stereocenters. The molecule has 1 aromatic rings. The number of hydrogen-bond donors (Lipinski definition) is 5. The van der Waals surface area contributed by atoms with E-state index in [0.29, 0.717) is 25.2 Å². The summed E-state index contributed by atoms with van der Waals surface area (Å²) in [7, 11) is 0. The van der Waals surface area contributed by atoms with E-state index in [-0.39, 0.29) is 36.4 Å². The van der Waals surface area contributed by atoms with E-state index < -0.39 is 5.60 Å². The normalized spacial score (nSPS) is 34.8. The Hall–Kier alpha value is -2.16. The van der Waals surface area contributed by atoms with Gasteiger partial charge in [-0.3, -0.25) is 10.2 Å². The number of hydrogen-bond acceptors (Lipinski definition) is 6. The second-order valence-corrected chi connectivity index (χ2v) is 9.93. The first kappa shape index (κ1) is 23.0. The number of carbonyl (C=O) groups excluding carboxylic acids is 2. The number of hydrazine groups is 1. The third-order valence-corrected chi connectivity index (χ3v) is 7.13. The van der Waals surface area contributed by atoms with Crippen molar-refractivity contribution in [3.63, 3.8) is 0 Å². The van der Waals surface area contributed by atoms with Crippen molar-refractivity contribution in [1.82, 2.24) is 21.5 Å². The van der Waals surface area contributed by atoms with Gasteiger partial charge in [-0.2, -0.15) is 0 Å². The van der Waals surface area contributed by atoms with Crippen LogP contribution in [0.2, 0.25) is 0 Å². The molecular formula is C24H36N4O4. The van der Waals surface area contributed by atoms with Gasteiger partial charge in [0, 0.05) is 12.1 Å². The minimum atomic E-state index is -0.609. The molecule has 1 saturated heterocycles. The van der Waals surface area contributed by atoms with Gasteiger partial charge in [0.25, 0.3) is 0 Å². The maximum Gasteiger partial charge on any atom is 0.407 e. The maximum absolute atomic E-state index is 12.3. The minimum absolute atomic E-state index is 0.00433. The van der Waals surface area contributed by atoms with Crippen LogP contribution >= 0.6 is 0 Å². The first-order valence-corrected chi connectivity index (χ1v) is 11.9. The van der Waals surface area contributed by atoms with Crippen molar-refractivity contribution >= 4 is 12.0 Å². The summed E-state index contributed by atoms with van der Waals surface area (Å²) >= 11 is 0. The summed E-state index contributed by atoms with van der Waals surface area (Å²) in [4.78, 5) is 24.6. The Kier molecular flexibility index (Phi) is 7.33. The van der Waals surface area contributed by atoms with Crippen molar-refractivity contribution in [2.75, 3.05) is 0 Å². The number of rotatable bonds is 6. The third-order valence-electron chi connectivity index (χ3n) is 7.13. The molecule has 0 aromatic heterocycles. The molecule has 3 fully saturated rings. The van der Waals surface area contributed by atoms with Crippen LogP contribution in [0.15, 0.2) is 30.3 Å². The van der Waals surface area contributed by atoms with Gasteiger partial charge in [-0.05, 0) is 69.8 Å². The molecule has 5 N–H and O–H groups in total. The fraction of sp³-hybridized carbons (Fsp3) is 0.667. The molecule has 8 nitrogen and oxygen atoms in total. The van der Waals surface area contributed by atoms with E-state index in [1.54, 1.807) is 0 Å². The Bertz CT molecular complexity index is 777. The SMILES string of the molecule is CC1(O)CCC(NC(=O)O[C@H]2CC[C@@H](C3CC(NC(=O)Cc4ccccc4)NN3)C2)CC1. The fourth-order valence-corrected chi connectivity index (χ4v) is 5.19. The quantitative estimate of drug-likeness (QED) is 0.460. The standard InChI is InChI=1S/C24H36N4O4/c1-24(31)11-9-18(10-12-24)25-23(30)32-19-8-7-17(14-19)20-15-21(28-27-20)26-22(29)13-16-5-3-2-4-6-16/h2-6,17-21,27-28,31H,7-15H2,1H3,(H,25,30)(H,26,29)/t17-,18?,19+,20?,21?,24?/m1/s1. The lowest BCUT2D eigenvalue weighted by molar-refractivity contribution is -0.121. The first-order valence-electron chi connectivity index (χ1n) is 11.9. The number of aliphatic hydroxyl groups is 1. The van der Waals surface area contributed by atoms with E-state index in [1.807, 2.05) is 37.3 Å². The highest BCUT2D eigenvalue weighted by Crippen LogP contribution is 2.33. The Morgan fingerprint density at radius 3 is 2.56 bits per heavy atom. The number of ether oxygens (including phenoxy) is 1. The van der Waals surface area contributed by atoms with Crippen LogP contribution in [0.4, 0.5) is 4.79 Å². The molecule has 32 heavy (non-hydrogen) atoms. The van der Waals surface area contributed by atoms with E-state index in [0.717, 1.165) is 44.1 Å². The average Bonchev–Trinajstić information content (AvgIpc) is 3.40. The molecule has 176 valence electrons. The highest BCUT2D eigenvalue weighted by Gasteiger charge is 2.37. The van der Waals surface area contributed by atoms with Crippen LogP contribution in [0, 0.1) is 5.92 Å². The zero-order valence-corrected chi connectivity index (χ0v) is 18.8. The van der Waals surface area contributed by atoms with Crippen LogP contribution in [-0.4, -0.2) is 47.1 Å². The number of amides is 2. The predicted octanol–water partition coefficient (Wildman–Crippen LogP) is 2.13. The van der Waals surface area contributed by atoms with Gasteiger partial charge in [-0.25, -0.2) is 10.2 Å². The molecule has 0 bridgehead atoms. The van der Waals surface area contributed by atoms with Crippen molar-refractivity contribution in [3.05, 3.63) is 35.9 Å². The molecule has 2 saturated carbocycles. The molecule has 4 rings (SSSR count). The zero-order valence-electron chi connectivity index (χ0n) is 18.8. The van der Waals surface area contributed by atoms with Crippen molar-refractivity contribution < 1.29 is 19.4 Å². The van der Waals surface area contributed by atoms with E-state index in [1.165, 1.54) is 0 Å². The molecule has 1 heterocycles. The first-order chi connectivity index (χ1) is 15.4. The fourth-order valence-electron chi connectivity index (χ4n) is 5.19.